The fourth-order valence-corrected chi connectivity index (χ4v) is 2.44. The van der Waals surface area contributed by atoms with E-state index in [0.29, 0.717) is 0 Å². The fourth-order valence-electron chi connectivity index (χ4n) is 2.44. The van der Waals surface area contributed by atoms with Gasteiger partial charge in [0.15, 0.2) is 11.4 Å². The van der Waals surface area contributed by atoms with E-state index >= 15 is 0 Å². The molecule has 2 nitrogen and oxygen atoms in total. The van der Waals surface area contributed by atoms with Crippen LogP contribution in [-0.4, -0.2) is 11.4 Å². The Hall–Kier alpha value is -1.31. The third kappa shape index (κ3) is 1.86. The molecule has 1 atom stereocenters. The van der Waals surface area contributed by atoms with E-state index in [9.17, 15) is 4.79 Å². The van der Waals surface area contributed by atoms with Crippen molar-refractivity contribution in [1.82, 2.24) is 0 Å². The van der Waals surface area contributed by atoms with Crippen LogP contribution in [0.1, 0.15) is 42.5 Å². The SMILES string of the molecule is CC(=O)C1(C)CCc2c(C)cc(C)c(C)c2O1. The zero-order valence-electron chi connectivity index (χ0n) is 11.3. The number of carbonyl (C=O) groups is 1. The summed E-state index contributed by atoms with van der Waals surface area (Å²) >= 11 is 0. The topological polar surface area (TPSA) is 26.3 Å². The first-order valence-corrected chi connectivity index (χ1v) is 6.15. The average molecular weight is 232 g/mol. The molecule has 1 aromatic rings. The maximum atomic E-state index is 11.7. The highest BCUT2D eigenvalue weighted by Gasteiger charge is 2.37. The number of hydrogen-bond donors (Lipinski definition) is 0. The number of aryl methyl sites for hydroxylation is 2. The number of ether oxygens (including phenoxy) is 1. The molecular weight excluding hydrogens is 212 g/mol. The van der Waals surface area contributed by atoms with Crippen LogP contribution < -0.4 is 4.74 Å². The van der Waals surface area contributed by atoms with E-state index in [1.165, 1.54) is 16.7 Å². The molecule has 1 aliphatic rings. The minimum absolute atomic E-state index is 0.113. The highest BCUT2D eigenvalue weighted by Crippen LogP contribution is 2.39. The molecule has 0 N–H and O–H groups in total. The van der Waals surface area contributed by atoms with Crippen LogP contribution in [0.15, 0.2) is 6.07 Å². The largest absolute Gasteiger partial charge is 0.479 e. The summed E-state index contributed by atoms with van der Waals surface area (Å²) in [4.78, 5) is 11.7. The van der Waals surface area contributed by atoms with Crippen molar-refractivity contribution < 1.29 is 9.53 Å². The second-order valence-electron chi connectivity index (χ2n) is 5.33. The molecule has 0 aliphatic carbocycles. The maximum Gasteiger partial charge on any atom is 0.172 e. The summed E-state index contributed by atoms with van der Waals surface area (Å²) in [6.07, 6.45) is 1.71. The standard InChI is InChI=1S/C15H20O2/c1-9-8-10(2)13-6-7-15(5,12(4)16)17-14(13)11(9)3/h8H,6-7H2,1-5H3. The Bertz CT molecular complexity index is 488. The lowest BCUT2D eigenvalue weighted by Gasteiger charge is -2.35. The van der Waals surface area contributed by atoms with Crippen molar-refractivity contribution in [3.05, 3.63) is 28.3 Å². The molecule has 1 aliphatic heterocycles. The molecule has 0 fully saturated rings. The molecule has 0 spiro atoms. The molecule has 0 saturated heterocycles. The summed E-state index contributed by atoms with van der Waals surface area (Å²) in [5.41, 5.74) is 4.30. The van der Waals surface area contributed by atoms with Gasteiger partial charge < -0.3 is 4.74 Å². The zero-order chi connectivity index (χ0) is 12.8. The summed E-state index contributed by atoms with van der Waals surface area (Å²) in [6, 6.07) is 2.20. The molecule has 92 valence electrons. The van der Waals surface area contributed by atoms with E-state index in [-0.39, 0.29) is 5.78 Å². The van der Waals surface area contributed by atoms with E-state index in [4.69, 9.17) is 4.74 Å². The van der Waals surface area contributed by atoms with Gasteiger partial charge in [-0.05, 0) is 69.7 Å². The lowest BCUT2D eigenvalue weighted by Crippen LogP contribution is -2.43. The van der Waals surface area contributed by atoms with Crippen molar-refractivity contribution in [1.29, 1.82) is 0 Å². The van der Waals surface area contributed by atoms with E-state index in [2.05, 4.69) is 26.8 Å². The Morgan fingerprint density at radius 3 is 2.53 bits per heavy atom. The van der Waals surface area contributed by atoms with Crippen LogP contribution in [-0.2, 0) is 11.2 Å². The highest BCUT2D eigenvalue weighted by atomic mass is 16.5. The van der Waals surface area contributed by atoms with Crippen LogP contribution in [0.5, 0.6) is 5.75 Å². The normalized spacial score (nSPS) is 22.9. The summed E-state index contributed by atoms with van der Waals surface area (Å²) in [5, 5.41) is 0. The number of rotatable bonds is 1. The van der Waals surface area contributed by atoms with Crippen molar-refractivity contribution in [2.45, 2.75) is 53.1 Å². The van der Waals surface area contributed by atoms with Gasteiger partial charge in [-0.15, -0.1) is 0 Å². The van der Waals surface area contributed by atoms with Crippen molar-refractivity contribution in [3.63, 3.8) is 0 Å². The average Bonchev–Trinajstić information content (AvgIpc) is 2.25. The van der Waals surface area contributed by atoms with E-state index in [0.717, 1.165) is 24.2 Å². The van der Waals surface area contributed by atoms with Gasteiger partial charge in [0.25, 0.3) is 0 Å². The Morgan fingerprint density at radius 2 is 1.94 bits per heavy atom. The van der Waals surface area contributed by atoms with Crippen LogP contribution in [0.3, 0.4) is 0 Å². The predicted octanol–water partition coefficient (Wildman–Crippen LogP) is 3.28. The third-order valence-corrected chi connectivity index (χ3v) is 4.04. The van der Waals surface area contributed by atoms with Gasteiger partial charge in [-0.1, -0.05) is 6.07 Å². The molecule has 17 heavy (non-hydrogen) atoms. The zero-order valence-corrected chi connectivity index (χ0v) is 11.3. The molecule has 0 aromatic heterocycles. The number of ketones is 1. The van der Waals surface area contributed by atoms with Gasteiger partial charge in [-0.3, -0.25) is 4.79 Å². The van der Waals surface area contributed by atoms with Gasteiger partial charge in [0, 0.05) is 0 Å². The third-order valence-electron chi connectivity index (χ3n) is 4.04. The lowest BCUT2D eigenvalue weighted by molar-refractivity contribution is -0.132. The van der Waals surface area contributed by atoms with Gasteiger partial charge in [-0.25, -0.2) is 0 Å². The Balaban J connectivity index is 2.54. The minimum Gasteiger partial charge on any atom is -0.479 e. The quantitative estimate of drug-likeness (QED) is 0.742. The van der Waals surface area contributed by atoms with Gasteiger partial charge in [-0.2, -0.15) is 0 Å². The van der Waals surface area contributed by atoms with Crippen LogP contribution >= 0.6 is 0 Å². The molecule has 0 radical (unpaired) electrons. The second kappa shape index (κ2) is 3.86. The molecule has 2 rings (SSSR count). The van der Waals surface area contributed by atoms with Crippen LogP contribution in [0, 0.1) is 20.8 Å². The Labute approximate surface area is 103 Å². The van der Waals surface area contributed by atoms with Gasteiger partial charge in [0.1, 0.15) is 5.75 Å². The molecule has 0 bridgehead atoms. The first-order valence-electron chi connectivity index (χ1n) is 6.15. The molecule has 0 amide bonds. The summed E-state index contributed by atoms with van der Waals surface area (Å²) in [5.74, 6) is 1.05. The molecule has 1 unspecified atom stereocenters. The van der Waals surface area contributed by atoms with Crippen molar-refractivity contribution in [2.24, 2.45) is 0 Å². The molecular formula is C15H20O2. The van der Waals surface area contributed by atoms with Gasteiger partial charge in [0.05, 0.1) is 0 Å². The summed E-state index contributed by atoms with van der Waals surface area (Å²) in [7, 11) is 0. The number of hydrogen-bond acceptors (Lipinski definition) is 2. The van der Waals surface area contributed by atoms with E-state index in [1.54, 1.807) is 6.92 Å². The monoisotopic (exact) mass is 232 g/mol. The lowest BCUT2D eigenvalue weighted by atomic mass is 9.86. The predicted molar refractivity (Wildman–Crippen MR) is 68.7 cm³/mol. The van der Waals surface area contributed by atoms with Crippen LogP contribution in [0.25, 0.3) is 0 Å². The fraction of sp³-hybridized carbons (Fsp3) is 0.533. The van der Waals surface area contributed by atoms with Crippen LogP contribution in [0.4, 0.5) is 0 Å². The summed E-state index contributed by atoms with van der Waals surface area (Å²) in [6.45, 7) is 9.79. The smallest absolute Gasteiger partial charge is 0.172 e. The summed E-state index contributed by atoms with van der Waals surface area (Å²) < 4.78 is 6.02. The molecule has 1 aromatic carbocycles. The first kappa shape index (κ1) is 12.2. The molecule has 1 heterocycles. The number of Topliss-reactive ketones (excluding diaryl/α,β-unsaturated/α-hetero) is 1. The first-order chi connectivity index (χ1) is 7.85. The second-order valence-corrected chi connectivity index (χ2v) is 5.33. The van der Waals surface area contributed by atoms with E-state index < -0.39 is 5.60 Å². The Kier molecular flexibility index (Phi) is 2.76. The molecule has 2 heteroatoms. The maximum absolute atomic E-state index is 11.7. The van der Waals surface area contributed by atoms with E-state index in [1.807, 2.05) is 6.92 Å². The van der Waals surface area contributed by atoms with Gasteiger partial charge in [0.2, 0.25) is 0 Å². The minimum atomic E-state index is -0.641. The number of carbonyl (C=O) groups excluding carboxylic acids is 1. The highest BCUT2D eigenvalue weighted by molar-refractivity contribution is 5.85. The van der Waals surface area contributed by atoms with Crippen LogP contribution in [0.2, 0.25) is 0 Å². The van der Waals surface area contributed by atoms with Crippen molar-refractivity contribution >= 4 is 5.78 Å². The van der Waals surface area contributed by atoms with Gasteiger partial charge >= 0.3 is 0 Å². The molecule has 0 saturated carbocycles. The number of fused-ring (bicyclic) bond motifs is 1. The Morgan fingerprint density at radius 1 is 1.29 bits per heavy atom. The van der Waals surface area contributed by atoms with Crippen molar-refractivity contribution in [2.75, 3.05) is 0 Å². The van der Waals surface area contributed by atoms with Crippen molar-refractivity contribution in [3.8, 4) is 5.75 Å². The number of benzene rings is 1.